The molecule has 25 heavy (non-hydrogen) atoms. The quantitative estimate of drug-likeness (QED) is 0.832. The summed E-state index contributed by atoms with van der Waals surface area (Å²) in [6.45, 7) is 14.3. The molecular formula is C19H33N5O. The van der Waals surface area contributed by atoms with Gasteiger partial charge in [0.15, 0.2) is 0 Å². The second-order valence-electron chi connectivity index (χ2n) is 7.54. The average molecular weight is 348 g/mol. The molecule has 0 aliphatic carbocycles. The first-order valence-electron chi connectivity index (χ1n) is 9.71. The summed E-state index contributed by atoms with van der Waals surface area (Å²) in [5, 5.41) is 4.59. The topological polar surface area (TPSA) is 44.6 Å². The molecule has 0 N–H and O–H groups in total. The van der Waals surface area contributed by atoms with Crippen molar-refractivity contribution in [1.29, 1.82) is 0 Å². The van der Waals surface area contributed by atoms with Gasteiger partial charge >= 0.3 is 0 Å². The third kappa shape index (κ3) is 3.47. The highest BCUT2D eigenvalue weighted by Gasteiger charge is 2.37. The van der Waals surface area contributed by atoms with Crippen molar-refractivity contribution < 1.29 is 4.79 Å². The van der Waals surface area contributed by atoms with Crippen molar-refractivity contribution in [1.82, 2.24) is 24.5 Å². The van der Waals surface area contributed by atoms with Crippen LogP contribution in [0.4, 0.5) is 0 Å². The molecule has 2 saturated heterocycles. The van der Waals surface area contributed by atoms with E-state index in [0.29, 0.717) is 11.9 Å². The minimum atomic E-state index is -0.0558. The van der Waals surface area contributed by atoms with Gasteiger partial charge in [0.1, 0.15) is 0 Å². The molecule has 1 aromatic heterocycles. The van der Waals surface area contributed by atoms with Crippen molar-refractivity contribution in [3.63, 3.8) is 0 Å². The second-order valence-corrected chi connectivity index (χ2v) is 7.54. The Morgan fingerprint density at radius 2 is 1.88 bits per heavy atom. The smallest absolute Gasteiger partial charge is 0.239 e. The molecule has 3 rings (SSSR count). The molecule has 2 aliphatic rings. The third-order valence-electron chi connectivity index (χ3n) is 6.18. The zero-order valence-electron chi connectivity index (χ0n) is 16.5. The molecule has 1 amide bonds. The van der Waals surface area contributed by atoms with Gasteiger partial charge in [-0.1, -0.05) is 6.92 Å². The standard InChI is InChI=1S/C19H33N5O/c1-6-22-10-12-23(13-11-22)19(25)16(4)24-9-7-8-17(24)18-14(2)20-21(5)15(18)3/h16-17H,6-13H2,1-5H3/t16-,17-/m0/s1. The average Bonchev–Trinajstić information content (AvgIpc) is 3.18. The van der Waals surface area contributed by atoms with Crippen molar-refractivity contribution in [2.75, 3.05) is 39.3 Å². The lowest BCUT2D eigenvalue weighted by Gasteiger charge is -2.38. The first-order chi connectivity index (χ1) is 11.9. The highest BCUT2D eigenvalue weighted by Crippen LogP contribution is 2.37. The van der Waals surface area contributed by atoms with Crippen LogP contribution in [0.25, 0.3) is 0 Å². The molecule has 2 aliphatic heterocycles. The summed E-state index contributed by atoms with van der Waals surface area (Å²) < 4.78 is 1.97. The molecule has 0 saturated carbocycles. The summed E-state index contributed by atoms with van der Waals surface area (Å²) in [6.07, 6.45) is 2.27. The monoisotopic (exact) mass is 347 g/mol. The lowest BCUT2D eigenvalue weighted by atomic mass is 10.0. The SMILES string of the molecule is CCN1CCN(C(=O)[C@H](C)N2CCC[C@H]2c2c(C)nn(C)c2C)CC1. The molecule has 140 valence electrons. The van der Waals surface area contributed by atoms with E-state index >= 15 is 0 Å². The van der Waals surface area contributed by atoms with Crippen molar-refractivity contribution in [2.24, 2.45) is 7.05 Å². The third-order valence-corrected chi connectivity index (χ3v) is 6.18. The van der Waals surface area contributed by atoms with Crippen LogP contribution < -0.4 is 0 Å². The summed E-state index contributed by atoms with van der Waals surface area (Å²) in [7, 11) is 2.01. The number of amides is 1. The van der Waals surface area contributed by atoms with Crippen molar-refractivity contribution in [3.8, 4) is 0 Å². The predicted molar refractivity (Wildman–Crippen MR) is 99.5 cm³/mol. The lowest BCUT2D eigenvalue weighted by molar-refractivity contribution is -0.138. The number of piperazine rings is 1. The number of hydrogen-bond acceptors (Lipinski definition) is 4. The molecule has 0 spiro atoms. The van der Waals surface area contributed by atoms with Crippen molar-refractivity contribution in [3.05, 3.63) is 17.0 Å². The van der Waals surface area contributed by atoms with Gasteiger partial charge in [0.2, 0.25) is 5.91 Å². The normalized spacial score (nSPS) is 24.0. The van der Waals surface area contributed by atoms with Gasteiger partial charge in [-0.3, -0.25) is 14.4 Å². The van der Waals surface area contributed by atoms with Gasteiger partial charge in [0.25, 0.3) is 0 Å². The van der Waals surface area contributed by atoms with Crippen LogP contribution in [0.5, 0.6) is 0 Å². The molecule has 0 aromatic carbocycles. The van der Waals surface area contributed by atoms with Crippen LogP contribution in [0.15, 0.2) is 0 Å². The number of carbonyl (C=O) groups excluding carboxylic acids is 1. The van der Waals surface area contributed by atoms with Crippen molar-refractivity contribution in [2.45, 2.75) is 52.6 Å². The Morgan fingerprint density at radius 3 is 2.44 bits per heavy atom. The Labute approximate surface area is 151 Å². The van der Waals surface area contributed by atoms with Crippen LogP contribution in [0.1, 0.15) is 49.7 Å². The fourth-order valence-electron chi connectivity index (χ4n) is 4.53. The Morgan fingerprint density at radius 1 is 1.20 bits per heavy atom. The maximum atomic E-state index is 13.1. The molecule has 1 aromatic rings. The van der Waals surface area contributed by atoms with Crippen LogP contribution in [-0.4, -0.2) is 75.7 Å². The van der Waals surface area contributed by atoms with Crippen LogP contribution in [0.2, 0.25) is 0 Å². The zero-order valence-corrected chi connectivity index (χ0v) is 16.5. The molecule has 0 unspecified atom stereocenters. The minimum Gasteiger partial charge on any atom is -0.339 e. The molecule has 6 heteroatoms. The van der Waals surface area contributed by atoms with Gasteiger partial charge in [-0.15, -0.1) is 0 Å². The number of likely N-dealkylation sites (N-methyl/N-ethyl adjacent to an activating group) is 1. The van der Waals surface area contributed by atoms with E-state index < -0.39 is 0 Å². The van der Waals surface area contributed by atoms with Crippen LogP contribution in [-0.2, 0) is 11.8 Å². The van der Waals surface area contributed by atoms with E-state index in [4.69, 9.17) is 0 Å². The second kappa shape index (κ2) is 7.46. The summed E-state index contributed by atoms with van der Waals surface area (Å²) in [5.41, 5.74) is 3.66. The minimum absolute atomic E-state index is 0.0558. The highest BCUT2D eigenvalue weighted by atomic mass is 16.2. The maximum absolute atomic E-state index is 13.1. The summed E-state index contributed by atoms with van der Waals surface area (Å²) in [6, 6.07) is 0.268. The summed E-state index contributed by atoms with van der Waals surface area (Å²) in [5.74, 6) is 0.293. The number of aromatic nitrogens is 2. The van der Waals surface area contributed by atoms with E-state index in [2.05, 4.69) is 47.5 Å². The van der Waals surface area contributed by atoms with Gasteiger partial charge < -0.3 is 9.80 Å². The number of carbonyl (C=O) groups is 1. The fraction of sp³-hybridized carbons (Fsp3) is 0.789. The fourth-order valence-corrected chi connectivity index (χ4v) is 4.53. The van der Waals surface area contributed by atoms with Crippen LogP contribution in [0, 0.1) is 13.8 Å². The van der Waals surface area contributed by atoms with Gasteiger partial charge in [-0.05, 0) is 46.7 Å². The zero-order chi connectivity index (χ0) is 18.1. The van der Waals surface area contributed by atoms with Crippen LogP contribution >= 0.6 is 0 Å². The summed E-state index contributed by atoms with van der Waals surface area (Å²) in [4.78, 5) is 20.0. The van der Waals surface area contributed by atoms with E-state index in [1.54, 1.807) is 0 Å². The largest absolute Gasteiger partial charge is 0.339 e. The molecule has 2 fully saturated rings. The Hall–Kier alpha value is -1.40. The number of rotatable bonds is 4. The van der Waals surface area contributed by atoms with Gasteiger partial charge in [0.05, 0.1) is 11.7 Å². The first kappa shape index (κ1) is 18.4. The van der Waals surface area contributed by atoms with Crippen molar-refractivity contribution >= 4 is 5.91 Å². The Bertz CT molecular complexity index is 618. The molecule has 2 atom stereocenters. The predicted octanol–water partition coefficient (Wildman–Crippen LogP) is 1.73. The highest BCUT2D eigenvalue weighted by molar-refractivity contribution is 5.81. The number of likely N-dealkylation sites (tertiary alicyclic amines) is 1. The Balaban J connectivity index is 1.72. The molecule has 3 heterocycles. The van der Waals surface area contributed by atoms with Gasteiger partial charge in [-0.25, -0.2) is 0 Å². The number of nitrogens with zero attached hydrogens (tertiary/aromatic N) is 5. The molecule has 0 bridgehead atoms. The molecule has 6 nitrogen and oxygen atoms in total. The van der Waals surface area contributed by atoms with Gasteiger partial charge in [-0.2, -0.15) is 5.10 Å². The Kier molecular flexibility index (Phi) is 5.49. The van der Waals surface area contributed by atoms with E-state index in [1.807, 2.05) is 11.7 Å². The van der Waals surface area contributed by atoms with E-state index in [1.165, 1.54) is 11.3 Å². The van der Waals surface area contributed by atoms with E-state index in [0.717, 1.165) is 57.8 Å². The molecule has 0 radical (unpaired) electrons. The maximum Gasteiger partial charge on any atom is 0.239 e. The lowest BCUT2D eigenvalue weighted by Crippen LogP contribution is -2.54. The first-order valence-corrected chi connectivity index (χ1v) is 9.71. The summed E-state index contributed by atoms with van der Waals surface area (Å²) >= 11 is 0. The van der Waals surface area contributed by atoms with E-state index in [-0.39, 0.29) is 6.04 Å². The van der Waals surface area contributed by atoms with E-state index in [9.17, 15) is 4.79 Å². The number of aryl methyl sites for hydroxylation is 2. The number of hydrogen-bond donors (Lipinski definition) is 0. The molecular weight excluding hydrogens is 314 g/mol. The van der Waals surface area contributed by atoms with Gasteiger partial charge in [0, 0.05) is 50.5 Å². The van der Waals surface area contributed by atoms with Crippen LogP contribution in [0.3, 0.4) is 0 Å².